The summed E-state index contributed by atoms with van der Waals surface area (Å²) in [5, 5.41) is 12.5. The van der Waals surface area contributed by atoms with Crippen LogP contribution >= 0.6 is 11.3 Å². The Balaban J connectivity index is 1.91. The second-order valence-corrected chi connectivity index (χ2v) is 6.45. The lowest BCUT2D eigenvalue weighted by Crippen LogP contribution is -2.29. The van der Waals surface area contributed by atoms with Crippen LogP contribution in [0.1, 0.15) is 43.2 Å². The summed E-state index contributed by atoms with van der Waals surface area (Å²) in [6, 6.07) is 0. The van der Waals surface area contributed by atoms with Gasteiger partial charge in [-0.1, -0.05) is 6.92 Å². The Kier molecular flexibility index (Phi) is 4.75. The van der Waals surface area contributed by atoms with Gasteiger partial charge in [0.2, 0.25) is 5.91 Å². The molecule has 0 bridgehead atoms. The monoisotopic (exact) mass is 296 g/mol. The summed E-state index contributed by atoms with van der Waals surface area (Å²) in [7, 11) is 0. The average Bonchev–Trinajstić information content (AvgIpc) is 2.78. The first-order valence-corrected chi connectivity index (χ1v) is 7.82. The van der Waals surface area contributed by atoms with E-state index in [4.69, 9.17) is 5.11 Å². The van der Waals surface area contributed by atoms with E-state index in [1.165, 1.54) is 11.3 Å². The van der Waals surface area contributed by atoms with Gasteiger partial charge in [0.05, 0.1) is 11.6 Å². The number of rotatable bonds is 4. The molecule has 2 N–H and O–H groups in total. The Bertz CT molecular complexity index is 505. The number of anilines is 1. The molecular formula is C14H20N2O3S. The van der Waals surface area contributed by atoms with Crippen molar-refractivity contribution < 1.29 is 14.7 Å². The predicted octanol–water partition coefficient (Wildman–Crippen LogP) is 2.84. The minimum Gasteiger partial charge on any atom is -0.481 e. The summed E-state index contributed by atoms with van der Waals surface area (Å²) in [5.74, 6) is -1.13. The van der Waals surface area contributed by atoms with E-state index in [0.717, 1.165) is 17.0 Å². The Hall–Kier alpha value is -1.43. The summed E-state index contributed by atoms with van der Waals surface area (Å²) >= 11 is 1.50. The van der Waals surface area contributed by atoms with E-state index >= 15 is 0 Å². The number of hydrogen-bond donors (Lipinski definition) is 2. The molecule has 6 heteroatoms. The van der Waals surface area contributed by atoms with Crippen molar-refractivity contribution in [3.63, 3.8) is 0 Å². The first-order valence-electron chi connectivity index (χ1n) is 7.01. The Labute approximate surface area is 122 Å². The van der Waals surface area contributed by atoms with Crippen LogP contribution in [-0.4, -0.2) is 22.0 Å². The van der Waals surface area contributed by atoms with Crippen molar-refractivity contribution in [1.82, 2.24) is 4.98 Å². The molecule has 0 unspecified atom stereocenters. The minimum atomic E-state index is -0.744. The van der Waals surface area contributed by atoms with Gasteiger partial charge in [0.15, 0.2) is 5.13 Å². The van der Waals surface area contributed by atoms with Crippen molar-refractivity contribution in [2.24, 2.45) is 11.8 Å². The molecule has 20 heavy (non-hydrogen) atoms. The number of aryl methyl sites for hydroxylation is 2. The fraction of sp³-hybridized carbons (Fsp3) is 0.643. The molecule has 1 saturated carbocycles. The molecular weight excluding hydrogens is 276 g/mol. The van der Waals surface area contributed by atoms with E-state index in [1.54, 1.807) is 0 Å². The number of nitrogens with one attached hydrogen (secondary N) is 1. The van der Waals surface area contributed by atoms with E-state index in [1.807, 2.05) is 13.8 Å². The van der Waals surface area contributed by atoms with E-state index in [-0.39, 0.29) is 17.7 Å². The molecule has 1 aliphatic carbocycles. The lowest BCUT2D eigenvalue weighted by molar-refractivity contribution is -0.143. The molecule has 1 aromatic rings. The number of carboxylic acid groups (broad SMARTS) is 1. The molecule has 0 saturated heterocycles. The number of nitrogens with zero attached hydrogens (tertiary/aromatic N) is 1. The highest BCUT2D eigenvalue weighted by molar-refractivity contribution is 7.15. The first-order chi connectivity index (χ1) is 9.51. The van der Waals surface area contributed by atoms with Gasteiger partial charge in [-0.05, 0) is 39.0 Å². The van der Waals surface area contributed by atoms with E-state index in [2.05, 4.69) is 10.3 Å². The third kappa shape index (κ3) is 3.36. The zero-order valence-electron chi connectivity index (χ0n) is 11.8. The lowest BCUT2D eigenvalue weighted by Gasteiger charge is -2.24. The highest BCUT2D eigenvalue weighted by Crippen LogP contribution is 2.30. The standard InChI is InChI=1S/C14H20N2O3S/c1-3-11-8(2)20-14(15-11)16-12(17)9-4-6-10(7-5-9)13(18)19/h9-10H,3-7H2,1-2H3,(H,18,19)(H,15,16,17). The van der Waals surface area contributed by atoms with Crippen LogP contribution in [0.3, 0.4) is 0 Å². The van der Waals surface area contributed by atoms with Crippen LogP contribution in [0.4, 0.5) is 5.13 Å². The number of carbonyl (C=O) groups excluding carboxylic acids is 1. The van der Waals surface area contributed by atoms with Crippen LogP contribution in [0.2, 0.25) is 0 Å². The second kappa shape index (κ2) is 6.35. The summed E-state index contributed by atoms with van der Waals surface area (Å²) in [6.45, 7) is 4.05. The first kappa shape index (κ1) is 15.0. The third-order valence-corrected chi connectivity index (χ3v) is 4.83. The van der Waals surface area contributed by atoms with Crippen molar-refractivity contribution in [3.8, 4) is 0 Å². The average molecular weight is 296 g/mol. The van der Waals surface area contributed by atoms with Crippen molar-refractivity contribution in [3.05, 3.63) is 10.6 Å². The zero-order chi connectivity index (χ0) is 14.7. The van der Waals surface area contributed by atoms with Crippen LogP contribution < -0.4 is 5.32 Å². The van der Waals surface area contributed by atoms with Gasteiger partial charge in [-0.2, -0.15) is 0 Å². The molecule has 1 aliphatic rings. The molecule has 110 valence electrons. The SMILES string of the molecule is CCc1nc(NC(=O)C2CCC(C(=O)O)CC2)sc1C. The number of aromatic nitrogens is 1. The maximum atomic E-state index is 12.2. The Morgan fingerprint density at radius 2 is 1.90 bits per heavy atom. The van der Waals surface area contributed by atoms with Crippen molar-refractivity contribution in [1.29, 1.82) is 0 Å². The van der Waals surface area contributed by atoms with Gasteiger partial charge >= 0.3 is 5.97 Å². The molecule has 1 aromatic heterocycles. The second-order valence-electron chi connectivity index (χ2n) is 5.25. The van der Waals surface area contributed by atoms with Gasteiger partial charge in [0.25, 0.3) is 0 Å². The van der Waals surface area contributed by atoms with E-state index in [0.29, 0.717) is 30.8 Å². The fourth-order valence-corrected chi connectivity index (χ4v) is 3.52. The van der Waals surface area contributed by atoms with E-state index in [9.17, 15) is 9.59 Å². The summed E-state index contributed by atoms with van der Waals surface area (Å²) in [6.07, 6.45) is 3.33. The molecule has 1 fully saturated rings. The molecule has 2 rings (SSSR count). The van der Waals surface area contributed by atoms with Gasteiger partial charge in [-0.25, -0.2) is 4.98 Å². The molecule has 5 nitrogen and oxygen atoms in total. The van der Waals surface area contributed by atoms with Crippen molar-refractivity contribution in [2.75, 3.05) is 5.32 Å². The van der Waals surface area contributed by atoms with Gasteiger partial charge in [-0.15, -0.1) is 11.3 Å². The Morgan fingerprint density at radius 3 is 2.40 bits per heavy atom. The van der Waals surface area contributed by atoms with Gasteiger partial charge in [0.1, 0.15) is 0 Å². The number of thiazole rings is 1. The van der Waals surface area contributed by atoms with Crippen LogP contribution in [0, 0.1) is 18.8 Å². The number of carboxylic acids is 1. The normalized spacial score (nSPS) is 22.5. The van der Waals surface area contributed by atoms with E-state index < -0.39 is 5.97 Å². The molecule has 0 aromatic carbocycles. The maximum absolute atomic E-state index is 12.2. The molecule has 0 aliphatic heterocycles. The van der Waals surface area contributed by atoms with Crippen LogP contribution in [-0.2, 0) is 16.0 Å². The van der Waals surface area contributed by atoms with Crippen molar-refractivity contribution in [2.45, 2.75) is 46.0 Å². The zero-order valence-corrected chi connectivity index (χ0v) is 12.6. The molecule has 0 radical (unpaired) electrons. The van der Waals surface area contributed by atoms with Gasteiger partial charge < -0.3 is 10.4 Å². The summed E-state index contributed by atoms with van der Waals surface area (Å²) in [5.41, 5.74) is 1.03. The van der Waals surface area contributed by atoms with Crippen LogP contribution in [0.15, 0.2) is 0 Å². The van der Waals surface area contributed by atoms with Crippen molar-refractivity contribution >= 4 is 28.3 Å². The summed E-state index contributed by atoms with van der Waals surface area (Å²) < 4.78 is 0. The van der Waals surface area contributed by atoms with Crippen LogP contribution in [0.25, 0.3) is 0 Å². The Morgan fingerprint density at radius 1 is 1.30 bits per heavy atom. The highest BCUT2D eigenvalue weighted by Gasteiger charge is 2.30. The highest BCUT2D eigenvalue weighted by atomic mass is 32.1. The number of amides is 1. The minimum absolute atomic E-state index is 0.0229. The molecule has 1 amide bonds. The number of carbonyl (C=O) groups is 2. The lowest BCUT2D eigenvalue weighted by atomic mass is 9.81. The topological polar surface area (TPSA) is 79.3 Å². The van der Waals surface area contributed by atoms with Gasteiger partial charge in [-0.3, -0.25) is 9.59 Å². The maximum Gasteiger partial charge on any atom is 0.306 e. The van der Waals surface area contributed by atoms with Crippen LogP contribution in [0.5, 0.6) is 0 Å². The molecule has 1 heterocycles. The third-order valence-electron chi connectivity index (χ3n) is 3.90. The largest absolute Gasteiger partial charge is 0.481 e. The quantitative estimate of drug-likeness (QED) is 0.895. The molecule has 0 spiro atoms. The number of hydrogen-bond acceptors (Lipinski definition) is 4. The molecule has 0 atom stereocenters. The van der Waals surface area contributed by atoms with Gasteiger partial charge in [0, 0.05) is 10.8 Å². The smallest absolute Gasteiger partial charge is 0.306 e. The number of aliphatic carboxylic acids is 1. The predicted molar refractivity (Wildman–Crippen MR) is 77.9 cm³/mol. The fourth-order valence-electron chi connectivity index (χ4n) is 2.62. The summed E-state index contributed by atoms with van der Waals surface area (Å²) in [4.78, 5) is 28.6.